The number of ether oxygens (including phenoxy) is 1. The van der Waals surface area contributed by atoms with Crippen molar-refractivity contribution < 1.29 is 4.74 Å². The summed E-state index contributed by atoms with van der Waals surface area (Å²) in [5, 5.41) is 0. The van der Waals surface area contributed by atoms with Gasteiger partial charge in [-0.05, 0) is 36.5 Å². The van der Waals surface area contributed by atoms with Crippen molar-refractivity contribution in [1.29, 1.82) is 0 Å². The van der Waals surface area contributed by atoms with E-state index in [0.29, 0.717) is 5.92 Å². The van der Waals surface area contributed by atoms with Gasteiger partial charge in [-0.1, -0.05) is 11.5 Å². The molecular formula is C10H11BO. The maximum Gasteiger partial charge on any atom is 0.119 e. The van der Waals surface area contributed by atoms with Gasteiger partial charge in [-0.25, -0.2) is 0 Å². The molecule has 12 heavy (non-hydrogen) atoms. The Morgan fingerprint density at radius 3 is 2.75 bits per heavy atom. The van der Waals surface area contributed by atoms with Crippen LogP contribution in [0, 0.1) is 0 Å². The zero-order chi connectivity index (χ0) is 8.55. The Labute approximate surface area is 74.2 Å². The molecule has 0 amide bonds. The van der Waals surface area contributed by atoms with Gasteiger partial charge in [-0.2, -0.15) is 0 Å². The lowest BCUT2D eigenvalue weighted by Gasteiger charge is -2.06. The van der Waals surface area contributed by atoms with Crippen LogP contribution in [0.25, 0.3) is 0 Å². The molecule has 2 rings (SSSR count). The first-order valence-electron chi connectivity index (χ1n) is 4.24. The molecule has 1 aromatic rings. The maximum atomic E-state index is 5.83. The number of rotatable bonds is 2. The minimum atomic E-state index is 0.695. The minimum Gasteiger partial charge on any atom is -0.497 e. The standard InChI is InChI=1S/C10H11BO/c1-12-8-4-5-10(11)9(6-8)7-2-3-7/h4-7H,2-3H2,1H3. The van der Waals surface area contributed by atoms with E-state index in [9.17, 15) is 0 Å². The van der Waals surface area contributed by atoms with Gasteiger partial charge in [-0.15, -0.1) is 0 Å². The Morgan fingerprint density at radius 1 is 1.42 bits per heavy atom. The average molecular weight is 158 g/mol. The van der Waals surface area contributed by atoms with Gasteiger partial charge in [0.2, 0.25) is 0 Å². The summed E-state index contributed by atoms with van der Waals surface area (Å²) in [6.45, 7) is 0. The highest BCUT2D eigenvalue weighted by molar-refractivity contribution is 6.33. The molecule has 0 heterocycles. The van der Waals surface area contributed by atoms with E-state index in [1.165, 1.54) is 18.4 Å². The lowest BCUT2D eigenvalue weighted by atomic mass is 9.88. The summed E-state index contributed by atoms with van der Waals surface area (Å²) in [7, 11) is 7.51. The lowest BCUT2D eigenvalue weighted by molar-refractivity contribution is 0.414. The molecule has 1 fully saturated rings. The Balaban J connectivity index is 2.36. The van der Waals surface area contributed by atoms with E-state index in [-0.39, 0.29) is 0 Å². The molecule has 0 unspecified atom stereocenters. The van der Waals surface area contributed by atoms with Crippen LogP contribution in [0.5, 0.6) is 5.75 Å². The van der Waals surface area contributed by atoms with Crippen molar-refractivity contribution in [3.63, 3.8) is 0 Å². The van der Waals surface area contributed by atoms with Crippen molar-refractivity contribution in [3.8, 4) is 5.75 Å². The molecule has 0 aromatic heterocycles. The van der Waals surface area contributed by atoms with E-state index in [4.69, 9.17) is 12.6 Å². The third-order valence-corrected chi connectivity index (χ3v) is 2.31. The van der Waals surface area contributed by atoms with E-state index in [1.54, 1.807) is 7.11 Å². The van der Waals surface area contributed by atoms with Crippen LogP contribution in [0.2, 0.25) is 0 Å². The molecule has 60 valence electrons. The van der Waals surface area contributed by atoms with Crippen LogP contribution in [0.4, 0.5) is 0 Å². The number of hydrogen-bond donors (Lipinski definition) is 0. The van der Waals surface area contributed by atoms with Crippen molar-refractivity contribution >= 4 is 13.3 Å². The van der Waals surface area contributed by atoms with E-state index >= 15 is 0 Å². The second kappa shape index (κ2) is 2.85. The number of methoxy groups -OCH3 is 1. The summed E-state index contributed by atoms with van der Waals surface area (Å²) in [6.07, 6.45) is 2.55. The number of hydrogen-bond acceptors (Lipinski definition) is 1. The normalized spacial score (nSPS) is 16.1. The fourth-order valence-electron chi connectivity index (χ4n) is 1.43. The molecular weight excluding hydrogens is 147 g/mol. The van der Waals surface area contributed by atoms with Gasteiger partial charge in [-0.3, -0.25) is 0 Å². The van der Waals surface area contributed by atoms with Crippen LogP contribution in [0.1, 0.15) is 24.3 Å². The molecule has 1 nitrogen and oxygen atoms in total. The molecule has 1 aliphatic rings. The fraction of sp³-hybridized carbons (Fsp3) is 0.400. The van der Waals surface area contributed by atoms with E-state index in [2.05, 4.69) is 0 Å². The highest BCUT2D eigenvalue weighted by Crippen LogP contribution is 2.39. The predicted octanol–water partition coefficient (Wildman–Crippen LogP) is 1.37. The topological polar surface area (TPSA) is 9.23 Å². The van der Waals surface area contributed by atoms with Gasteiger partial charge in [0.25, 0.3) is 0 Å². The summed E-state index contributed by atoms with van der Waals surface area (Å²) < 4.78 is 5.13. The summed E-state index contributed by atoms with van der Waals surface area (Å²) in [5.41, 5.74) is 2.16. The van der Waals surface area contributed by atoms with Crippen molar-refractivity contribution in [1.82, 2.24) is 0 Å². The van der Waals surface area contributed by atoms with Crippen molar-refractivity contribution in [3.05, 3.63) is 23.8 Å². The molecule has 2 heteroatoms. The summed E-state index contributed by atoms with van der Waals surface area (Å²) >= 11 is 0. The molecule has 1 aliphatic carbocycles. The summed E-state index contributed by atoms with van der Waals surface area (Å²) in [6, 6.07) is 5.88. The molecule has 1 aromatic carbocycles. The molecule has 0 N–H and O–H groups in total. The SMILES string of the molecule is [B]c1ccc(OC)cc1C1CC1. The Bertz CT molecular complexity index is 292. The molecule has 0 atom stereocenters. The van der Waals surface area contributed by atoms with Crippen molar-refractivity contribution in [2.24, 2.45) is 0 Å². The molecule has 1 saturated carbocycles. The monoisotopic (exact) mass is 158 g/mol. The van der Waals surface area contributed by atoms with Crippen LogP contribution in [-0.2, 0) is 0 Å². The summed E-state index contributed by atoms with van der Waals surface area (Å²) in [5.74, 6) is 1.60. The smallest absolute Gasteiger partial charge is 0.119 e. The fourth-order valence-corrected chi connectivity index (χ4v) is 1.43. The van der Waals surface area contributed by atoms with Gasteiger partial charge >= 0.3 is 0 Å². The van der Waals surface area contributed by atoms with Crippen LogP contribution in [0.3, 0.4) is 0 Å². The molecule has 0 aliphatic heterocycles. The van der Waals surface area contributed by atoms with Gasteiger partial charge in [0.1, 0.15) is 13.6 Å². The molecule has 0 saturated heterocycles. The Hall–Kier alpha value is -0.915. The van der Waals surface area contributed by atoms with Crippen LogP contribution in [-0.4, -0.2) is 15.0 Å². The highest BCUT2D eigenvalue weighted by Gasteiger charge is 2.24. The predicted molar refractivity (Wildman–Crippen MR) is 50.4 cm³/mol. The van der Waals surface area contributed by atoms with Crippen LogP contribution in [0.15, 0.2) is 18.2 Å². The maximum absolute atomic E-state index is 5.83. The van der Waals surface area contributed by atoms with Gasteiger partial charge < -0.3 is 4.74 Å². The zero-order valence-electron chi connectivity index (χ0n) is 7.21. The first-order valence-corrected chi connectivity index (χ1v) is 4.24. The third kappa shape index (κ3) is 1.34. The second-order valence-corrected chi connectivity index (χ2v) is 3.27. The Kier molecular flexibility index (Phi) is 1.83. The first-order chi connectivity index (χ1) is 5.81. The molecule has 0 bridgehead atoms. The third-order valence-electron chi connectivity index (χ3n) is 2.31. The van der Waals surface area contributed by atoms with E-state index in [1.807, 2.05) is 18.2 Å². The zero-order valence-corrected chi connectivity index (χ0v) is 7.21. The van der Waals surface area contributed by atoms with E-state index < -0.39 is 0 Å². The second-order valence-electron chi connectivity index (χ2n) is 3.27. The first kappa shape index (κ1) is 7.72. The number of benzene rings is 1. The quantitative estimate of drug-likeness (QED) is 0.590. The van der Waals surface area contributed by atoms with Crippen molar-refractivity contribution in [2.75, 3.05) is 7.11 Å². The van der Waals surface area contributed by atoms with Crippen molar-refractivity contribution in [2.45, 2.75) is 18.8 Å². The average Bonchev–Trinajstić information content (AvgIpc) is 2.88. The van der Waals surface area contributed by atoms with Gasteiger partial charge in [0, 0.05) is 0 Å². The Morgan fingerprint density at radius 2 is 2.17 bits per heavy atom. The van der Waals surface area contributed by atoms with Crippen LogP contribution < -0.4 is 10.2 Å². The highest BCUT2D eigenvalue weighted by atomic mass is 16.5. The van der Waals surface area contributed by atoms with Crippen LogP contribution >= 0.6 is 0 Å². The largest absolute Gasteiger partial charge is 0.497 e. The minimum absolute atomic E-state index is 0.695. The molecule has 2 radical (unpaired) electrons. The lowest BCUT2D eigenvalue weighted by Crippen LogP contribution is -2.08. The van der Waals surface area contributed by atoms with E-state index in [0.717, 1.165) is 11.2 Å². The molecule has 0 spiro atoms. The van der Waals surface area contributed by atoms with Gasteiger partial charge in [0.05, 0.1) is 7.11 Å². The van der Waals surface area contributed by atoms with Gasteiger partial charge in [0.15, 0.2) is 0 Å². The summed E-state index contributed by atoms with van der Waals surface area (Å²) in [4.78, 5) is 0.